The largest absolute Gasteiger partial charge is 0.298 e. The highest BCUT2D eigenvalue weighted by Gasteiger charge is 2.28. The summed E-state index contributed by atoms with van der Waals surface area (Å²) in [6.45, 7) is 0.265. The van der Waals surface area contributed by atoms with Gasteiger partial charge in [0.05, 0.1) is 11.4 Å². The molecule has 4 nitrogen and oxygen atoms in total. The first kappa shape index (κ1) is 12.0. The molecule has 92 valence electrons. The zero-order valence-corrected chi connectivity index (χ0v) is 9.91. The van der Waals surface area contributed by atoms with Gasteiger partial charge in [0.1, 0.15) is 12.1 Å². The van der Waals surface area contributed by atoms with Crippen LogP contribution < -0.4 is 4.31 Å². The molecule has 0 aliphatic carbocycles. The van der Waals surface area contributed by atoms with Gasteiger partial charge in [-0.3, -0.25) is 9.10 Å². The number of sulfonamides is 1. The summed E-state index contributed by atoms with van der Waals surface area (Å²) in [5, 5.41) is 0. The van der Waals surface area contributed by atoms with Crippen LogP contribution in [0.4, 0.5) is 10.1 Å². The van der Waals surface area contributed by atoms with Crippen LogP contribution in [-0.2, 0) is 10.0 Å². The fourth-order valence-electron chi connectivity index (χ4n) is 1.85. The van der Waals surface area contributed by atoms with Gasteiger partial charge in [-0.1, -0.05) is 0 Å². The molecule has 0 saturated carbocycles. The minimum Gasteiger partial charge on any atom is -0.298 e. The van der Waals surface area contributed by atoms with E-state index >= 15 is 0 Å². The first-order chi connectivity index (χ1) is 8.04. The monoisotopic (exact) mass is 257 g/mol. The van der Waals surface area contributed by atoms with Crippen molar-refractivity contribution in [2.24, 2.45) is 0 Å². The number of hydrogen-bond acceptors (Lipinski definition) is 3. The van der Waals surface area contributed by atoms with E-state index in [1.807, 2.05) is 0 Å². The number of hydrogen-bond donors (Lipinski definition) is 0. The highest BCUT2D eigenvalue weighted by molar-refractivity contribution is 7.92. The van der Waals surface area contributed by atoms with E-state index < -0.39 is 15.8 Å². The molecule has 1 saturated heterocycles. The predicted molar refractivity (Wildman–Crippen MR) is 62.2 cm³/mol. The minimum absolute atomic E-state index is 0.0256. The molecule has 1 aromatic carbocycles. The van der Waals surface area contributed by atoms with Gasteiger partial charge in [-0.25, -0.2) is 12.8 Å². The van der Waals surface area contributed by atoms with Crippen molar-refractivity contribution < 1.29 is 17.6 Å². The van der Waals surface area contributed by atoms with Crippen LogP contribution in [0.1, 0.15) is 23.2 Å². The highest BCUT2D eigenvalue weighted by Crippen LogP contribution is 2.26. The van der Waals surface area contributed by atoms with Crippen molar-refractivity contribution >= 4 is 22.0 Å². The third-order valence-corrected chi connectivity index (χ3v) is 4.58. The van der Waals surface area contributed by atoms with Crippen molar-refractivity contribution in [3.63, 3.8) is 0 Å². The Morgan fingerprint density at radius 3 is 2.71 bits per heavy atom. The topological polar surface area (TPSA) is 54.5 Å². The summed E-state index contributed by atoms with van der Waals surface area (Å²) in [4.78, 5) is 10.6. The number of rotatable bonds is 2. The Balaban J connectivity index is 2.48. The zero-order chi connectivity index (χ0) is 12.5. The fourth-order valence-corrected chi connectivity index (χ4v) is 3.49. The Kier molecular flexibility index (Phi) is 3.15. The molecule has 1 aliphatic rings. The second-order valence-electron chi connectivity index (χ2n) is 3.92. The molecule has 0 amide bonds. The Bertz CT molecular complexity index is 542. The second kappa shape index (κ2) is 4.44. The number of nitrogens with zero attached hydrogens (tertiary/aromatic N) is 1. The summed E-state index contributed by atoms with van der Waals surface area (Å²) < 4.78 is 38.3. The predicted octanol–water partition coefficient (Wildman–Crippen LogP) is 1.57. The van der Waals surface area contributed by atoms with E-state index in [9.17, 15) is 17.6 Å². The van der Waals surface area contributed by atoms with Crippen molar-refractivity contribution in [1.82, 2.24) is 0 Å². The molecule has 1 fully saturated rings. The van der Waals surface area contributed by atoms with Gasteiger partial charge in [0.25, 0.3) is 0 Å². The van der Waals surface area contributed by atoms with Gasteiger partial charge in [-0.15, -0.1) is 0 Å². The van der Waals surface area contributed by atoms with Crippen molar-refractivity contribution in [3.8, 4) is 0 Å². The van der Waals surface area contributed by atoms with E-state index in [-0.39, 0.29) is 23.5 Å². The third kappa shape index (κ3) is 2.31. The smallest absolute Gasteiger partial charge is 0.235 e. The summed E-state index contributed by atoms with van der Waals surface area (Å²) in [5.41, 5.74) is 0.233. The molecule has 1 aliphatic heterocycles. The van der Waals surface area contributed by atoms with Crippen LogP contribution in [0.15, 0.2) is 18.2 Å². The van der Waals surface area contributed by atoms with Crippen LogP contribution in [0.3, 0.4) is 0 Å². The lowest BCUT2D eigenvalue weighted by molar-refractivity contribution is 0.112. The van der Waals surface area contributed by atoms with Crippen LogP contribution in [0.5, 0.6) is 0 Å². The molecule has 0 bridgehead atoms. The van der Waals surface area contributed by atoms with Crippen LogP contribution in [0, 0.1) is 5.82 Å². The van der Waals surface area contributed by atoms with Gasteiger partial charge >= 0.3 is 0 Å². The van der Waals surface area contributed by atoms with Gasteiger partial charge in [0, 0.05) is 12.1 Å². The quantitative estimate of drug-likeness (QED) is 0.756. The average Bonchev–Trinajstić information content (AvgIpc) is 2.30. The summed E-state index contributed by atoms with van der Waals surface area (Å²) in [6, 6.07) is 3.71. The molecule has 2 rings (SSSR count). The van der Waals surface area contributed by atoms with Gasteiger partial charge in [-0.2, -0.15) is 0 Å². The minimum atomic E-state index is -3.45. The lowest BCUT2D eigenvalue weighted by Gasteiger charge is -2.28. The van der Waals surface area contributed by atoms with E-state index in [4.69, 9.17) is 0 Å². The van der Waals surface area contributed by atoms with Crippen LogP contribution in [0.2, 0.25) is 0 Å². The van der Waals surface area contributed by atoms with Crippen molar-refractivity contribution in [2.75, 3.05) is 16.6 Å². The number of anilines is 1. The molecule has 1 aromatic rings. The summed E-state index contributed by atoms with van der Waals surface area (Å²) in [6.07, 6.45) is 1.86. The maximum atomic E-state index is 13.6. The molecular weight excluding hydrogens is 245 g/mol. The fraction of sp³-hybridized carbons (Fsp3) is 0.364. The molecule has 0 spiro atoms. The summed E-state index contributed by atoms with van der Waals surface area (Å²) >= 11 is 0. The van der Waals surface area contributed by atoms with Crippen molar-refractivity contribution in [1.29, 1.82) is 0 Å². The molecule has 17 heavy (non-hydrogen) atoms. The standard InChI is InChI=1S/C11H12FNO3S/c12-10-4-3-9(8-14)7-11(10)13-5-1-2-6-17(13,15)16/h3-4,7-8H,1-2,5-6H2. The van der Waals surface area contributed by atoms with E-state index in [0.717, 1.165) is 10.4 Å². The lowest BCUT2D eigenvalue weighted by Crippen LogP contribution is -2.38. The SMILES string of the molecule is O=Cc1ccc(F)c(N2CCCCS2(=O)=O)c1. The number of benzene rings is 1. The third-order valence-electron chi connectivity index (χ3n) is 2.72. The highest BCUT2D eigenvalue weighted by atomic mass is 32.2. The maximum absolute atomic E-state index is 13.6. The Hall–Kier alpha value is -1.43. The van der Waals surface area contributed by atoms with Crippen LogP contribution in [0.25, 0.3) is 0 Å². The molecule has 0 atom stereocenters. The summed E-state index contributed by atoms with van der Waals surface area (Å²) in [5.74, 6) is -0.598. The molecule has 6 heteroatoms. The Labute approximate surface area is 99.1 Å². The van der Waals surface area contributed by atoms with E-state index in [0.29, 0.717) is 19.1 Å². The van der Waals surface area contributed by atoms with Gasteiger partial charge in [0.15, 0.2) is 0 Å². The average molecular weight is 257 g/mol. The number of carbonyl (C=O) groups is 1. The molecule has 0 aromatic heterocycles. The van der Waals surface area contributed by atoms with Gasteiger partial charge < -0.3 is 0 Å². The normalized spacial score (nSPS) is 19.0. The summed E-state index contributed by atoms with van der Waals surface area (Å²) in [7, 11) is -3.45. The van der Waals surface area contributed by atoms with E-state index in [1.165, 1.54) is 12.1 Å². The second-order valence-corrected chi connectivity index (χ2v) is 5.94. The maximum Gasteiger partial charge on any atom is 0.235 e. The number of aldehydes is 1. The van der Waals surface area contributed by atoms with Crippen LogP contribution in [-0.4, -0.2) is 27.0 Å². The number of carbonyl (C=O) groups excluding carboxylic acids is 1. The van der Waals surface area contributed by atoms with Gasteiger partial charge in [0.2, 0.25) is 10.0 Å². The van der Waals surface area contributed by atoms with E-state index in [1.54, 1.807) is 0 Å². The molecule has 0 N–H and O–H groups in total. The Morgan fingerprint density at radius 2 is 2.06 bits per heavy atom. The first-order valence-electron chi connectivity index (χ1n) is 5.30. The lowest BCUT2D eigenvalue weighted by atomic mass is 10.2. The zero-order valence-electron chi connectivity index (χ0n) is 9.10. The molecule has 1 heterocycles. The van der Waals surface area contributed by atoms with Crippen molar-refractivity contribution in [2.45, 2.75) is 12.8 Å². The molecule has 0 unspecified atom stereocenters. The molecular formula is C11H12FNO3S. The Morgan fingerprint density at radius 1 is 1.29 bits per heavy atom. The van der Waals surface area contributed by atoms with Gasteiger partial charge in [-0.05, 0) is 31.0 Å². The number of halogens is 1. The first-order valence-corrected chi connectivity index (χ1v) is 6.90. The van der Waals surface area contributed by atoms with Crippen LogP contribution >= 0.6 is 0 Å². The van der Waals surface area contributed by atoms with E-state index in [2.05, 4.69) is 0 Å². The van der Waals surface area contributed by atoms with Crippen molar-refractivity contribution in [3.05, 3.63) is 29.6 Å². The molecule has 0 radical (unpaired) electrons.